The van der Waals surface area contributed by atoms with Crippen LogP contribution in [0, 0.1) is 23.7 Å². The van der Waals surface area contributed by atoms with Gasteiger partial charge in [0, 0.05) is 48.0 Å². The zero-order valence-corrected chi connectivity index (χ0v) is 16.2. The molecule has 0 bridgehead atoms. The largest absolute Gasteiger partial charge is 0.391 e. The minimum Gasteiger partial charge on any atom is -0.391 e. The minimum atomic E-state index is -0.644. The van der Waals surface area contributed by atoms with Gasteiger partial charge in [0.1, 0.15) is 17.6 Å². The van der Waals surface area contributed by atoms with Crippen LogP contribution in [0.5, 0.6) is 0 Å². The first-order valence-corrected chi connectivity index (χ1v) is 9.70. The van der Waals surface area contributed by atoms with Crippen molar-refractivity contribution < 1.29 is 14.7 Å². The number of rotatable bonds is 6. The second kappa shape index (κ2) is 8.21. The first-order valence-electron chi connectivity index (χ1n) is 9.70. The van der Waals surface area contributed by atoms with Gasteiger partial charge < -0.3 is 25.0 Å². The topological polar surface area (TPSA) is 110 Å². The molecule has 0 saturated heterocycles. The molecule has 2 heterocycles. The van der Waals surface area contributed by atoms with E-state index >= 15 is 0 Å². The van der Waals surface area contributed by atoms with Crippen molar-refractivity contribution in [2.24, 2.45) is 17.6 Å². The van der Waals surface area contributed by atoms with Crippen LogP contribution in [0.25, 0.3) is 11.3 Å². The summed E-state index contributed by atoms with van der Waals surface area (Å²) < 4.78 is 7.32. The lowest BCUT2D eigenvalue weighted by Crippen LogP contribution is -2.22. The summed E-state index contributed by atoms with van der Waals surface area (Å²) in [4.78, 5) is 4.16. The highest BCUT2D eigenvalue weighted by atomic mass is 16.5. The highest BCUT2D eigenvalue weighted by molar-refractivity contribution is 5.59. The standard InChI is InChI=1S/C22H24N4O3/c1-14(27)22-24-8-9-26(22)13-18-11-21(29-25-18)16-5-2-15(3-6-16)4-7-17-10-19(17)20(28)12-23/h2-3,5-6,8-9,11,14,17,19-20,27-28H,10,12-13,23H2,1H3/t14-,17-,19?,20+/m0/s1. The molecule has 3 aromatic rings. The lowest BCUT2D eigenvalue weighted by atomic mass is 10.1. The second-order valence-corrected chi connectivity index (χ2v) is 7.43. The van der Waals surface area contributed by atoms with Gasteiger partial charge in [-0.25, -0.2) is 4.98 Å². The average molecular weight is 392 g/mol. The molecule has 0 spiro atoms. The number of imidazole rings is 1. The molecule has 1 unspecified atom stereocenters. The Balaban J connectivity index is 1.41. The molecule has 1 aromatic carbocycles. The quantitative estimate of drug-likeness (QED) is 0.553. The molecule has 2 aromatic heterocycles. The van der Waals surface area contributed by atoms with Gasteiger partial charge in [-0.2, -0.15) is 0 Å². The van der Waals surface area contributed by atoms with Gasteiger partial charge in [-0.3, -0.25) is 0 Å². The van der Waals surface area contributed by atoms with Gasteiger partial charge in [-0.05, 0) is 37.6 Å². The highest BCUT2D eigenvalue weighted by Crippen LogP contribution is 2.40. The van der Waals surface area contributed by atoms with Gasteiger partial charge in [-0.1, -0.05) is 17.0 Å². The SMILES string of the molecule is C[C@H](O)c1nccn1Cc1cc(-c2ccc(C#C[C@H]3CC3[C@H](O)CN)cc2)on1. The van der Waals surface area contributed by atoms with E-state index in [4.69, 9.17) is 10.3 Å². The normalized spacial score (nSPS) is 20.0. The molecule has 0 aliphatic heterocycles. The Labute approximate surface area is 169 Å². The van der Waals surface area contributed by atoms with Crippen molar-refractivity contribution in [3.63, 3.8) is 0 Å². The summed E-state index contributed by atoms with van der Waals surface area (Å²) in [6.07, 6.45) is 3.29. The number of benzene rings is 1. The van der Waals surface area contributed by atoms with Gasteiger partial charge in [-0.15, -0.1) is 0 Å². The van der Waals surface area contributed by atoms with E-state index in [1.54, 1.807) is 19.3 Å². The Morgan fingerprint density at radius 3 is 2.83 bits per heavy atom. The Kier molecular flexibility index (Phi) is 5.49. The molecular weight excluding hydrogens is 368 g/mol. The van der Waals surface area contributed by atoms with Crippen LogP contribution in [-0.4, -0.2) is 37.6 Å². The summed E-state index contributed by atoms with van der Waals surface area (Å²) in [6, 6.07) is 9.68. The van der Waals surface area contributed by atoms with Crippen LogP contribution in [-0.2, 0) is 6.54 Å². The number of hydrogen-bond acceptors (Lipinski definition) is 6. The molecule has 0 amide bonds. The summed E-state index contributed by atoms with van der Waals surface area (Å²) in [5.74, 6) is 8.09. The highest BCUT2D eigenvalue weighted by Gasteiger charge is 2.40. The van der Waals surface area contributed by atoms with Crippen molar-refractivity contribution in [2.75, 3.05) is 6.54 Å². The molecule has 7 nitrogen and oxygen atoms in total. The molecule has 150 valence electrons. The summed E-state index contributed by atoms with van der Waals surface area (Å²) in [5, 5.41) is 23.6. The van der Waals surface area contributed by atoms with E-state index in [0.717, 1.165) is 23.2 Å². The van der Waals surface area contributed by atoms with Gasteiger partial charge in [0.15, 0.2) is 5.76 Å². The third kappa shape index (κ3) is 4.40. The van der Waals surface area contributed by atoms with Crippen LogP contribution in [0.2, 0.25) is 0 Å². The lowest BCUT2D eigenvalue weighted by molar-refractivity contribution is 0.156. The van der Waals surface area contributed by atoms with E-state index in [9.17, 15) is 10.2 Å². The Hall–Kier alpha value is -2.92. The number of aliphatic hydroxyl groups excluding tert-OH is 2. The van der Waals surface area contributed by atoms with Crippen molar-refractivity contribution in [1.82, 2.24) is 14.7 Å². The zero-order chi connectivity index (χ0) is 20.4. The van der Waals surface area contributed by atoms with Crippen molar-refractivity contribution in [2.45, 2.75) is 32.1 Å². The molecule has 4 rings (SSSR count). The molecule has 1 aliphatic rings. The Morgan fingerprint density at radius 2 is 2.10 bits per heavy atom. The maximum absolute atomic E-state index is 9.76. The van der Waals surface area contributed by atoms with E-state index in [-0.39, 0.29) is 18.4 Å². The van der Waals surface area contributed by atoms with Crippen LogP contribution in [0.15, 0.2) is 47.2 Å². The van der Waals surface area contributed by atoms with Gasteiger partial charge in [0.05, 0.1) is 12.6 Å². The second-order valence-electron chi connectivity index (χ2n) is 7.43. The van der Waals surface area contributed by atoms with Crippen LogP contribution in [0.3, 0.4) is 0 Å². The summed E-state index contributed by atoms with van der Waals surface area (Å²) in [6.45, 7) is 2.45. The predicted molar refractivity (Wildman–Crippen MR) is 107 cm³/mol. The van der Waals surface area contributed by atoms with Crippen LogP contribution in [0.4, 0.5) is 0 Å². The average Bonchev–Trinajstić information content (AvgIpc) is 3.11. The number of nitrogens with zero attached hydrogens (tertiary/aromatic N) is 3. The fraction of sp³-hybridized carbons (Fsp3) is 0.364. The smallest absolute Gasteiger partial charge is 0.167 e. The van der Waals surface area contributed by atoms with Crippen molar-refractivity contribution in [3.05, 3.63) is 59.8 Å². The van der Waals surface area contributed by atoms with E-state index in [1.165, 1.54) is 0 Å². The summed E-state index contributed by atoms with van der Waals surface area (Å²) >= 11 is 0. The number of aromatic nitrogens is 3. The van der Waals surface area contributed by atoms with E-state index < -0.39 is 12.2 Å². The van der Waals surface area contributed by atoms with Gasteiger partial charge >= 0.3 is 0 Å². The maximum atomic E-state index is 9.76. The molecule has 1 saturated carbocycles. The van der Waals surface area contributed by atoms with E-state index in [0.29, 0.717) is 18.1 Å². The van der Waals surface area contributed by atoms with Crippen LogP contribution in [0.1, 0.15) is 36.5 Å². The van der Waals surface area contributed by atoms with Crippen LogP contribution >= 0.6 is 0 Å². The first kappa shape index (κ1) is 19.4. The molecule has 0 radical (unpaired) electrons. The molecule has 1 fully saturated rings. The van der Waals surface area contributed by atoms with Gasteiger partial charge in [0.2, 0.25) is 0 Å². The predicted octanol–water partition coefficient (Wildman–Crippen LogP) is 1.95. The van der Waals surface area contributed by atoms with Crippen molar-refractivity contribution in [3.8, 4) is 23.2 Å². The van der Waals surface area contributed by atoms with E-state index in [1.807, 2.05) is 34.9 Å². The summed E-state index contributed by atoms with van der Waals surface area (Å²) in [5.41, 5.74) is 8.07. The Morgan fingerprint density at radius 1 is 1.31 bits per heavy atom. The molecule has 7 heteroatoms. The fourth-order valence-corrected chi connectivity index (χ4v) is 3.39. The monoisotopic (exact) mass is 392 g/mol. The number of aliphatic hydroxyl groups is 2. The van der Waals surface area contributed by atoms with Crippen molar-refractivity contribution in [1.29, 1.82) is 0 Å². The molecule has 4 N–H and O–H groups in total. The molecule has 4 atom stereocenters. The van der Waals surface area contributed by atoms with E-state index in [2.05, 4.69) is 22.0 Å². The maximum Gasteiger partial charge on any atom is 0.167 e. The molecule has 29 heavy (non-hydrogen) atoms. The minimum absolute atomic E-state index is 0.212. The number of hydrogen-bond donors (Lipinski definition) is 3. The van der Waals surface area contributed by atoms with Gasteiger partial charge in [0.25, 0.3) is 0 Å². The number of nitrogens with two attached hydrogens (primary N) is 1. The third-order valence-electron chi connectivity index (χ3n) is 5.16. The third-order valence-corrected chi connectivity index (χ3v) is 5.16. The zero-order valence-electron chi connectivity index (χ0n) is 16.2. The molecule has 1 aliphatic carbocycles. The lowest BCUT2D eigenvalue weighted by Gasteiger charge is -2.07. The van der Waals surface area contributed by atoms with Crippen molar-refractivity contribution >= 4 is 0 Å². The summed E-state index contributed by atoms with van der Waals surface area (Å²) in [7, 11) is 0. The fourth-order valence-electron chi connectivity index (χ4n) is 3.39. The Bertz CT molecular complexity index is 1030. The first-order chi connectivity index (χ1) is 14.0. The molecular formula is C22H24N4O3. The van der Waals surface area contributed by atoms with Crippen LogP contribution < -0.4 is 5.73 Å².